The fraction of sp³-hybridized carbons (Fsp3) is 0.786. The molecular weight excluding hydrogens is 368 g/mol. The number of ether oxygens (including phenoxy) is 1. The summed E-state index contributed by atoms with van der Waals surface area (Å²) in [5.74, 6) is 3.98. The van der Waals surface area contributed by atoms with Gasteiger partial charge in [0.1, 0.15) is 17.1 Å². The van der Waals surface area contributed by atoms with E-state index in [2.05, 4.69) is 41.5 Å². The van der Waals surface area contributed by atoms with E-state index in [1.807, 2.05) is 13.0 Å². The molecule has 3 atom stereocenters. The smallest absolute Gasteiger partial charge is 0.126 e. The standard InChI is InChI=1S/C28H48O2/c1-20(2)11-8-12-21(3)13-9-14-22(4)15-10-17-28(7)18-16-25-19-26(29)23(5)24(6)27(25)30-28/h19-22,29H,8-18H2,1-7H3/t21-,22+,28-/m0/s1. The first-order valence-corrected chi connectivity index (χ1v) is 12.6. The van der Waals surface area contributed by atoms with Crippen molar-refractivity contribution in [3.05, 3.63) is 22.8 Å². The molecule has 0 fully saturated rings. The summed E-state index contributed by atoms with van der Waals surface area (Å²) in [4.78, 5) is 0. The largest absolute Gasteiger partial charge is 0.508 e. The Labute approximate surface area is 186 Å². The number of rotatable bonds is 12. The van der Waals surface area contributed by atoms with Crippen LogP contribution in [0.4, 0.5) is 0 Å². The van der Waals surface area contributed by atoms with Gasteiger partial charge in [0.15, 0.2) is 0 Å². The summed E-state index contributed by atoms with van der Waals surface area (Å²) in [6, 6.07) is 1.91. The van der Waals surface area contributed by atoms with Gasteiger partial charge in [-0.05, 0) is 87.0 Å². The van der Waals surface area contributed by atoms with E-state index in [0.29, 0.717) is 5.75 Å². The predicted molar refractivity (Wildman–Crippen MR) is 130 cm³/mol. The zero-order valence-corrected chi connectivity index (χ0v) is 20.9. The van der Waals surface area contributed by atoms with Crippen LogP contribution in [0.25, 0.3) is 0 Å². The average molecular weight is 417 g/mol. The number of fused-ring (bicyclic) bond motifs is 1. The second-order valence-corrected chi connectivity index (χ2v) is 11.0. The average Bonchev–Trinajstić information content (AvgIpc) is 2.67. The molecule has 1 aromatic rings. The van der Waals surface area contributed by atoms with Crippen molar-refractivity contribution in [3.8, 4) is 11.5 Å². The Morgan fingerprint density at radius 2 is 1.47 bits per heavy atom. The first-order chi connectivity index (χ1) is 14.1. The van der Waals surface area contributed by atoms with Crippen LogP contribution in [0.5, 0.6) is 11.5 Å². The Balaban J connectivity index is 1.69. The van der Waals surface area contributed by atoms with Crippen molar-refractivity contribution in [2.45, 2.75) is 125 Å². The normalized spacial score (nSPS) is 20.7. The van der Waals surface area contributed by atoms with Crippen molar-refractivity contribution < 1.29 is 9.84 Å². The molecule has 2 nitrogen and oxygen atoms in total. The molecule has 0 aromatic heterocycles. The van der Waals surface area contributed by atoms with E-state index in [1.165, 1.54) is 56.9 Å². The lowest BCUT2D eigenvalue weighted by Gasteiger charge is -2.37. The third-order valence-corrected chi connectivity index (χ3v) is 7.44. The molecule has 2 rings (SSSR count). The van der Waals surface area contributed by atoms with Gasteiger partial charge in [0.2, 0.25) is 0 Å². The Morgan fingerprint density at radius 3 is 2.07 bits per heavy atom. The van der Waals surface area contributed by atoms with Crippen LogP contribution in [0.3, 0.4) is 0 Å². The summed E-state index contributed by atoms with van der Waals surface area (Å²) in [5, 5.41) is 10.1. The Morgan fingerprint density at radius 1 is 0.900 bits per heavy atom. The molecule has 2 heteroatoms. The van der Waals surface area contributed by atoms with Gasteiger partial charge in [-0.2, -0.15) is 0 Å². The van der Waals surface area contributed by atoms with E-state index in [4.69, 9.17) is 4.74 Å². The Bertz CT molecular complexity index is 663. The molecular formula is C28H48O2. The van der Waals surface area contributed by atoms with E-state index in [9.17, 15) is 5.11 Å². The highest BCUT2D eigenvalue weighted by Crippen LogP contribution is 2.42. The maximum Gasteiger partial charge on any atom is 0.126 e. The van der Waals surface area contributed by atoms with Crippen LogP contribution in [-0.4, -0.2) is 10.7 Å². The molecule has 1 aliphatic heterocycles. The highest BCUT2D eigenvalue weighted by atomic mass is 16.5. The van der Waals surface area contributed by atoms with Gasteiger partial charge in [-0.25, -0.2) is 0 Å². The molecule has 0 saturated heterocycles. The first kappa shape index (κ1) is 25.1. The van der Waals surface area contributed by atoms with Crippen molar-refractivity contribution in [1.82, 2.24) is 0 Å². The van der Waals surface area contributed by atoms with Crippen molar-refractivity contribution in [2.75, 3.05) is 0 Å². The third kappa shape index (κ3) is 7.50. The minimum absolute atomic E-state index is 0.0637. The van der Waals surface area contributed by atoms with Gasteiger partial charge in [0, 0.05) is 0 Å². The van der Waals surface area contributed by atoms with E-state index in [1.54, 1.807) is 0 Å². The van der Waals surface area contributed by atoms with Crippen molar-refractivity contribution in [3.63, 3.8) is 0 Å². The van der Waals surface area contributed by atoms with E-state index < -0.39 is 0 Å². The van der Waals surface area contributed by atoms with Gasteiger partial charge >= 0.3 is 0 Å². The van der Waals surface area contributed by atoms with Gasteiger partial charge in [-0.3, -0.25) is 0 Å². The summed E-state index contributed by atoms with van der Waals surface area (Å²) in [6.45, 7) is 15.9. The molecule has 1 aromatic carbocycles. The fourth-order valence-corrected chi connectivity index (χ4v) is 4.94. The summed E-state index contributed by atoms with van der Waals surface area (Å²) < 4.78 is 6.52. The second kappa shape index (κ2) is 11.4. The number of hydrogen-bond donors (Lipinski definition) is 1. The van der Waals surface area contributed by atoms with Crippen molar-refractivity contribution >= 4 is 0 Å². The minimum atomic E-state index is -0.0637. The molecule has 0 amide bonds. The molecule has 0 saturated carbocycles. The van der Waals surface area contributed by atoms with Gasteiger partial charge in [0.25, 0.3) is 0 Å². The first-order valence-electron chi connectivity index (χ1n) is 12.6. The number of aryl methyl sites for hydroxylation is 1. The van der Waals surface area contributed by atoms with Crippen LogP contribution in [0, 0.1) is 31.6 Å². The zero-order valence-electron chi connectivity index (χ0n) is 20.9. The van der Waals surface area contributed by atoms with Crippen molar-refractivity contribution in [1.29, 1.82) is 0 Å². The van der Waals surface area contributed by atoms with Crippen LogP contribution in [0.1, 0.15) is 116 Å². The SMILES string of the molecule is Cc1c(O)cc2c(c1C)O[C@@](C)(CCC[C@H](C)CCC[C@@H](C)CCCC(C)C)CC2. The number of phenolic OH excluding ortho intramolecular Hbond substituents is 1. The molecule has 172 valence electrons. The fourth-order valence-electron chi connectivity index (χ4n) is 4.94. The van der Waals surface area contributed by atoms with Gasteiger partial charge in [-0.15, -0.1) is 0 Å². The molecule has 0 bridgehead atoms. The Kier molecular flexibility index (Phi) is 9.57. The highest BCUT2D eigenvalue weighted by Gasteiger charge is 2.33. The lowest BCUT2D eigenvalue weighted by atomic mass is 9.85. The van der Waals surface area contributed by atoms with Gasteiger partial charge in [0.05, 0.1) is 0 Å². The van der Waals surface area contributed by atoms with Crippen LogP contribution >= 0.6 is 0 Å². The lowest BCUT2D eigenvalue weighted by Crippen LogP contribution is -2.36. The maximum atomic E-state index is 10.1. The molecule has 1 N–H and O–H groups in total. The van der Waals surface area contributed by atoms with Gasteiger partial charge in [-0.1, -0.05) is 72.6 Å². The Hall–Kier alpha value is -1.18. The van der Waals surface area contributed by atoms with Crippen LogP contribution in [0.2, 0.25) is 0 Å². The molecule has 0 radical (unpaired) electrons. The third-order valence-electron chi connectivity index (χ3n) is 7.44. The lowest BCUT2D eigenvalue weighted by molar-refractivity contribution is 0.0514. The van der Waals surface area contributed by atoms with Crippen LogP contribution in [0.15, 0.2) is 6.07 Å². The van der Waals surface area contributed by atoms with E-state index in [-0.39, 0.29) is 5.60 Å². The molecule has 1 aliphatic rings. The van der Waals surface area contributed by atoms with Crippen molar-refractivity contribution in [2.24, 2.45) is 17.8 Å². The summed E-state index contributed by atoms with van der Waals surface area (Å²) in [7, 11) is 0. The van der Waals surface area contributed by atoms with Crippen LogP contribution < -0.4 is 4.74 Å². The summed E-state index contributed by atoms with van der Waals surface area (Å²) in [5.41, 5.74) is 3.16. The van der Waals surface area contributed by atoms with E-state index in [0.717, 1.165) is 53.9 Å². The van der Waals surface area contributed by atoms with E-state index >= 15 is 0 Å². The molecule has 30 heavy (non-hydrogen) atoms. The zero-order chi connectivity index (χ0) is 22.3. The summed E-state index contributed by atoms with van der Waals surface area (Å²) in [6.07, 6.45) is 14.1. The number of hydrogen-bond acceptors (Lipinski definition) is 2. The molecule has 0 aliphatic carbocycles. The number of benzene rings is 1. The predicted octanol–water partition coefficient (Wildman–Crippen LogP) is 8.53. The molecule has 0 spiro atoms. The highest BCUT2D eigenvalue weighted by molar-refractivity contribution is 5.53. The monoisotopic (exact) mass is 416 g/mol. The topological polar surface area (TPSA) is 29.5 Å². The second-order valence-electron chi connectivity index (χ2n) is 11.0. The molecule has 1 heterocycles. The van der Waals surface area contributed by atoms with Gasteiger partial charge < -0.3 is 9.84 Å². The number of aromatic hydroxyl groups is 1. The maximum absolute atomic E-state index is 10.1. The quantitative estimate of drug-likeness (QED) is 0.370. The summed E-state index contributed by atoms with van der Waals surface area (Å²) >= 11 is 0. The minimum Gasteiger partial charge on any atom is -0.508 e. The number of phenols is 1. The van der Waals surface area contributed by atoms with Crippen LogP contribution in [-0.2, 0) is 6.42 Å². The molecule has 0 unspecified atom stereocenters.